The second kappa shape index (κ2) is 3.22. The van der Waals surface area contributed by atoms with Gasteiger partial charge < -0.3 is 9.84 Å². The van der Waals surface area contributed by atoms with E-state index in [2.05, 4.69) is 0 Å². The Labute approximate surface area is 82.8 Å². The van der Waals surface area contributed by atoms with Gasteiger partial charge in [-0.2, -0.15) is 0 Å². The summed E-state index contributed by atoms with van der Waals surface area (Å²) in [5, 5.41) is 11.7. The Balaban J connectivity index is 2.73. The molecule has 0 bridgehead atoms. The minimum absolute atomic E-state index is 0.186. The van der Waals surface area contributed by atoms with Crippen molar-refractivity contribution in [1.82, 2.24) is 0 Å². The fraction of sp³-hybridized carbons (Fsp3) is 0.167. The smallest absolute Gasteiger partial charge is 0.161 e. The molecule has 0 atom stereocenters. The number of phenolic OH excluding ortho intramolecular Hbond substituents is 1. The lowest BCUT2D eigenvalue weighted by Gasteiger charge is -2.05. The highest BCUT2D eigenvalue weighted by atomic mass is 16.5. The van der Waals surface area contributed by atoms with Gasteiger partial charge in [0.05, 0.1) is 7.11 Å². The summed E-state index contributed by atoms with van der Waals surface area (Å²) in [6.45, 7) is 2.03. The van der Waals surface area contributed by atoms with E-state index in [0.29, 0.717) is 5.75 Å². The Hall–Kier alpha value is -1.70. The Morgan fingerprint density at radius 1 is 1.07 bits per heavy atom. The average Bonchev–Trinajstić information content (AvgIpc) is 2.16. The Morgan fingerprint density at radius 2 is 1.86 bits per heavy atom. The summed E-state index contributed by atoms with van der Waals surface area (Å²) >= 11 is 0. The van der Waals surface area contributed by atoms with Gasteiger partial charge in [-0.25, -0.2) is 0 Å². The number of aryl methyl sites for hydroxylation is 1. The number of benzene rings is 2. The molecule has 2 aromatic rings. The van der Waals surface area contributed by atoms with Crippen molar-refractivity contribution in [3.8, 4) is 11.5 Å². The van der Waals surface area contributed by atoms with E-state index in [9.17, 15) is 5.11 Å². The van der Waals surface area contributed by atoms with Crippen LogP contribution in [0, 0.1) is 6.92 Å². The van der Waals surface area contributed by atoms with Crippen LogP contribution in [0.2, 0.25) is 0 Å². The van der Waals surface area contributed by atoms with Crippen molar-refractivity contribution >= 4 is 10.8 Å². The summed E-state index contributed by atoms with van der Waals surface area (Å²) in [5.74, 6) is 0.701. The van der Waals surface area contributed by atoms with Crippen LogP contribution in [0.3, 0.4) is 0 Å². The van der Waals surface area contributed by atoms with Crippen molar-refractivity contribution < 1.29 is 9.84 Å². The molecule has 0 aliphatic heterocycles. The monoisotopic (exact) mass is 188 g/mol. The molecule has 0 amide bonds. The predicted molar refractivity (Wildman–Crippen MR) is 56.9 cm³/mol. The van der Waals surface area contributed by atoms with E-state index in [4.69, 9.17) is 4.74 Å². The molecule has 0 unspecified atom stereocenters. The van der Waals surface area contributed by atoms with E-state index >= 15 is 0 Å². The molecule has 0 aromatic heterocycles. The number of hydrogen-bond acceptors (Lipinski definition) is 2. The van der Waals surface area contributed by atoms with Crippen LogP contribution in [0.25, 0.3) is 10.8 Å². The number of ether oxygens (including phenoxy) is 1. The molecule has 14 heavy (non-hydrogen) atoms. The maximum atomic E-state index is 9.57. The van der Waals surface area contributed by atoms with Crippen molar-refractivity contribution in [3.63, 3.8) is 0 Å². The molecular weight excluding hydrogens is 176 g/mol. The fourth-order valence-electron chi connectivity index (χ4n) is 1.55. The van der Waals surface area contributed by atoms with Gasteiger partial charge in [0, 0.05) is 0 Å². The largest absolute Gasteiger partial charge is 0.504 e. The van der Waals surface area contributed by atoms with Gasteiger partial charge in [0.15, 0.2) is 11.5 Å². The molecule has 0 saturated heterocycles. The number of fused-ring (bicyclic) bond motifs is 1. The molecular formula is C12H12O2. The molecule has 0 fully saturated rings. The third-order valence-corrected chi connectivity index (χ3v) is 2.29. The van der Waals surface area contributed by atoms with Crippen molar-refractivity contribution in [2.75, 3.05) is 7.11 Å². The molecule has 1 N–H and O–H groups in total. The Kier molecular flexibility index (Phi) is 2.04. The quantitative estimate of drug-likeness (QED) is 0.745. The summed E-state index contributed by atoms with van der Waals surface area (Å²) in [6.07, 6.45) is 0. The second-order valence-corrected chi connectivity index (χ2v) is 3.37. The third kappa shape index (κ3) is 1.39. The number of aromatic hydroxyl groups is 1. The Bertz CT molecular complexity index is 475. The molecule has 0 spiro atoms. The van der Waals surface area contributed by atoms with Crippen LogP contribution in [-0.4, -0.2) is 12.2 Å². The maximum Gasteiger partial charge on any atom is 0.161 e. The summed E-state index contributed by atoms with van der Waals surface area (Å²) in [7, 11) is 1.55. The number of rotatable bonds is 1. The number of phenols is 1. The van der Waals surface area contributed by atoms with Crippen LogP contribution in [0.4, 0.5) is 0 Å². The zero-order chi connectivity index (χ0) is 10.1. The molecule has 2 nitrogen and oxygen atoms in total. The average molecular weight is 188 g/mol. The zero-order valence-electron chi connectivity index (χ0n) is 8.24. The van der Waals surface area contributed by atoms with Crippen molar-refractivity contribution in [2.24, 2.45) is 0 Å². The van der Waals surface area contributed by atoms with E-state index in [1.807, 2.05) is 31.2 Å². The van der Waals surface area contributed by atoms with Gasteiger partial charge in [0.1, 0.15) is 0 Å². The number of methoxy groups -OCH3 is 1. The van der Waals surface area contributed by atoms with Gasteiger partial charge in [-0.3, -0.25) is 0 Å². The van der Waals surface area contributed by atoms with Crippen molar-refractivity contribution in [3.05, 3.63) is 35.9 Å². The minimum atomic E-state index is 0.186. The molecule has 0 saturated carbocycles. The number of hydrogen-bond donors (Lipinski definition) is 1. The minimum Gasteiger partial charge on any atom is -0.504 e. The molecule has 72 valence electrons. The Morgan fingerprint density at radius 3 is 2.57 bits per heavy atom. The second-order valence-electron chi connectivity index (χ2n) is 3.37. The highest BCUT2D eigenvalue weighted by Crippen LogP contribution is 2.31. The SMILES string of the molecule is COc1cc2ccc(C)cc2cc1O. The van der Waals surface area contributed by atoms with Crippen LogP contribution in [-0.2, 0) is 0 Å². The van der Waals surface area contributed by atoms with E-state index in [0.717, 1.165) is 10.8 Å². The van der Waals surface area contributed by atoms with E-state index in [1.165, 1.54) is 5.56 Å². The normalized spacial score (nSPS) is 10.4. The molecule has 0 radical (unpaired) electrons. The summed E-state index contributed by atoms with van der Waals surface area (Å²) in [5.41, 5.74) is 1.18. The lowest BCUT2D eigenvalue weighted by atomic mass is 10.1. The van der Waals surface area contributed by atoms with Gasteiger partial charge in [-0.15, -0.1) is 0 Å². The molecule has 2 aromatic carbocycles. The summed E-state index contributed by atoms with van der Waals surface area (Å²) in [4.78, 5) is 0. The third-order valence-electron chi connectivity index (χ3n) is 2.29. The topological polar surface area (TPSA) is 29.5 Å². The lowest BCUT2D eigenvalue weighted by molar-refractivity contribution is 0.374. The first-order valence-corrected chi connectivity index (χ1v) is 4.48. The van der Waals surface area contributed by atoms with Crippen LogP contribution < -0.4 is 4.74 Å². The van der Waals surface area contributed by atoms with Crippen LogP contribution >= 0.6 is 0 Å². The predicted octanol–water partition coefficient (Wildman–Crippen LogP) is 2.86. The fourth-order valence-corrected chi connectivity index (χ4v) is 1.55. The van der Waals surface area contributed by atoms with Crippen molar-refractivity contribution in [1.29, 1.82) is 0 Å². The zero-order valence-corrected chi connectivity index (χ0v) is 8.24. The van der Waals surface area contributed by atoms with Crippen molar-refractivity contribution in [2.45, 2.75) is 6.92 Å². The van der Waals surface area contributed by atoms with Gasteiger partial charge in [-0.05, 0) is 29.8 Å². The van der Waals surface area contributed by atoms with Crippen LogP contribution in [0.1, 0.15) is 5.56 Å². The van der Waals surface area contributed by atoms with Gasteiger partial charge in [0.2, 0.25) is 0 Å². The highest BCUT2D eigenvalue weighted by Gasteiger charge is 2.03. The van der Waals surface area contributed by atoms with Gasteiger partial charge >= 0.3 is 0 Å². The maximum absolute atomic E-state index is 9.57. The first kappa shape index (κ1) is 8.88. The van der Waals surface area contributed by atoms with E-state index < -0.39 is 0 Å². The summed E-state index contributed by atoms with van der Waals surface area (Å²) in [6, 6.07) is 9.66. The molecule has 0 aliphatic rings. The molecule has 0 aliphatic carbocycles. The lowest BCUT2D eigenvalue weighted by Crippen LogP contribution is -1.84. The summed E-state index contributed by atoms with van der Waals surface area (Å²) < 4.78 is 5.03. The first-order valence-electron chi connectivity index (χ1n) is 4.48. The molecule has 2 rings (SSSR count). The van der Waals surface area contributed by atoms with E-state index in [1.54, 1.807) is 13.2 Å². The van der Waals surface area contributed by atoms with Gasteiger partial charge in [-0.1, -0.05) is 23.8 Å². The molecule has 0 heterocycles. The first-order chi connectivity index (χ1) is 6.70. The van der Waals surface area contributed by atoms with Crippen LogP contribution in [0.15, 0.2) is 30.3 Å². The molecule has 2 heteroatoms. The standard InChI is InChI=1S/C12H12O2/c1-8-3-4-9-7-12(14-2)11(13)6-10(9)5-8/h3-7,13H,1-2H3. The van der Waals surface area contributed by atoms with Gasteiger partial charge in [0.25, 0.3) is 0 Å². The van der Waals surface area contributed by atoms with Crippen LogP contribution in [0.5, 0.6) is 11.5 Å². The van der Waals surface area contributed by atoms with E-state index in [-0.39, 0.29) is 5.75 Å². The highest BCUT2D eigenvalue weighted by molar-refractivity contribution is 5.86.